The molecule has 2 fully saturated rings. The first-order valence-corrected chi connectivity index (χ1v) is 8.62. The molecule has 0 radical (unpaired) electrons. The molecule has 0 spiro atoms. The van der Waals surface area contributed by atoms with E-state index in [2.05, 4.69) is 25.7 Å². The molecule has 0 aliphatic carbocycles. The summed E-state index contributed by atoms with van der Waals surface area (Å²) in [6.45, 7) is 3.16. The Morgan fingerprint density at radius 2 is 2.33 bits per heavy atom. The highest BCUT2D eigenvalue weighted by Gasteiger charge is 2.37. The summed E-state index contributed by atoms with van der Waals surface area (Å²) in [6.07, 6.45) is 5.57. The summed E-state index contributed by atoms with van der Waals surface area (Å²) in [4.78, 5) is 14.3. The quantitative estimate of drug-likeness (QED) is 0.875. The van der Waals surface area contributed by atoms with Crippen LogP contribution in [0.1, 0.15) is 25.0 Å². The Kier molecular flexibility index (Phi) is 4.18. The van der Waals surface area contributed by atoms with Gasteiger partial charge in [-0.2, -0.15) is 0 Å². The van der Waals surface area contributed by atoms with E-state index in [1.165, 1.54) is 0 Å². The average Bonchev–Trinajstić information content (AvgIpc) is 3.27. The molecule has 2 aromatic heterocycles. The minimum Gasteiger partial charge on any atom is -0.469 e. The number of fused-ring (bicyclic) bond motifs is 1. The summed E-state index contributed by atoms with van der Waals surface area (Å²) in [5, 5.41) is 15.1. The second-order valence-corrected chi connectivity index (χ2v) is 6.57. The van der Waals surface area contributed by atoms with Crippen molar-refractivity contribution in [2.75, 3.05) is 24.5 Å². The van der Waals surface area contributed by atoms with Gasteiger partial charge in [0.15, 0.2) is 0 Å². The van der Waals surface area contributed by atoms with Crippen molar-refractivity contribution >= 4 is 11.9 Å². The van der Waals surface area contributed by atoms with Crippen molar-refractivity contribution in [3.8, 4) is 0 Å². The van der Waals surface area contributed by atoms with Crippen LogP contribution in [0.5, 0.6) is 0 Å². The maximum absolute atomic E-state index is 12.1. The third kappa shape index (κ3) is 3.00. The van der Waals surface area contributed by atoms with E-state index in [0.717, 1.165) is 57.0 Å². The molecule has 8 nitrogen and oxygen atoms in total. The molecule has 1 N–H and O–H groups in total. The SMILES string of the molecule is O=C1NCC[C@@H]2CCN(c3nnnn3CCCc3ccco3)C[C@H]12. The number of carbonyl (C=O) groups excluding carboxylic acids is 1. The maximum Gasteiger partial charge on any atom is 0.245 e. The van der Waals surface area contributed by atoms with Crippen LogP contribution in [-0.2, 0) is 17.8 Å². The fourth-order valence-corrected chi connectivity index (χ4v) is 3.77. The van der Waals surface area contributed by atoms with E-state index in [4.69, 9.17) is 4.42 Å². The molecule has 8 heteroatoms. The summed E-state index contributed by atoms with van der Waals surface area (Å²) in [7, 11) is 0. The van der Waals surface area contributed by atoms with Crippen molar-refractivity contribution in [3.63, 3.8) is 0 Å². The number of amides is 1. The number of hydrogen-bond acceptors (Lipinski definition) is 6. The molecule has 4 rings (SSSR count). The number of hydrogen-bond donors (Lipinski definition) is 1. The average molecular weight is 330 g/mol. The lowest BCUT2D eigenvalue weighted by atomic mass is 9.80. The molecule has 2 aliphatic heterocycles. The van der Waals surface area contributed by atoms with Gasteiger partial charge in [0.25, 0.3) is 0 Å². The van der Waals surface area contributed by atoms with Crippen LogP contribution in [0.15, 0.2) is 22.8 Å². The summed E-state index contributed by atoms with van der Waals surface area (Å²) >= 11 is 0. The zero-order valence-corrected chi connectivity index (χ0v) is 13.6. The van der Waals surface area contributed by atoms with Gasteiger partial charge in [0.2, 0.25) is 11.9 Å². The van der Waals surface area contributed by atoms with Crippen molar-refractivity contribution in [2.24, 2.45) is 11.8 Å². The predicted octanol–water partition coefficient (Wildman–Crippen LogP) is 0.861. The van der Waals surface area contributed by atoms with Gasteiger partial charge in [0, 0.05) is 32.6 Å². The molecule has 0 aromatic carbocycles. The van der Waals surface area contributed by atoms with Crippen molar-refractivity contribution in [1.82, 2.24) is 25.5 Å². The smallest absolute Gasteiger partial charge is 0.245 e. The molecule has 4 heterocycles. The van der Waals surface area contributed by atoms with E-state index in [0.29, 0.717) is 12.5 Å². The Morgan fingerprint density at radius 3 is 3.21 bits per heavy atom. The molecule has 128 valence electrons. The van der Waals surface area contributed by atoms with E-state index >= 15 is 0 Å². The van der Waals surface area contributed by atoms with Gasteiger partial charge in [-0.15, -0.1) is 0 Å². The highest BCUT2D eigenvalue weighted by molar-refractivity contribution is 5.80. The Morgan fingerprint density at radius 1 is 1.38 bits per heavy atom. The second-order valence-electron chi connectivity index (χ2n) is 6.57. The van der Waals surface area contributed by atoms with E-state index in [1.807, 2.05) is 16.8 Å². The first-order chi connectivity index (χ1) is 11.8. The summed E-state index contributed by atoms with van der Waals surface area (Å²) in [6, 6.07) is 3.88. The second kappa shape index (κ2) is 6.62. The molecule has 1 amide bonds. The Hall–Kier alpha value is -2.38. The van der Waals surface area contributed by atoms with Gasteiger partial charge < -0.3 is 14.6 Å². The fraction of sp³-hybridized carbons (Fsp3) is 0.625. The van der Waals surface area contributed by atoms with Crippen molar-refractivity contribution in [2.45, 2.75) is 32.2 Å². The molecule has 2 saturated heterocycles. The molecule has 0 saturated carbocycles. The molecular formula is C16H22N6O2. The number of nitrogens with one attached hydrogen (secondary N) is 1. The van der Waals surface area contributed by atoms with Crippen molar-refractivity contribution in [3.05, 3.63) is 24.2 Å². The molecular weight excluding hydrogens is 308 g/mol. The molecule has 2 aliphatic rings. The molecule has 24 heavy (non-hydrogen) atoms. The third-order valence-electron chi connectivity index (χ3n) is 5.08. The Balaban J connectivity index is 1.39. The van der Waals surface area contributed by atoms with Gasteiger partial charge in [-0.3, -0.25) is 4.79 Å². The highest BCUT2D eigenvalue weighted by atomic mass is 16.3. The van der Waals surface area contributed by atoms with Gasteiger partial charge in [-0.25, -0.2) is 4.68 Å². The van der Waals surface area contributed by atoms with E-state index < -0.39 is 0 Å². The lowest BCUT2D eigenvalue weighted by molar-refractivity contribution is -0.129. The predicted molar refractivity (Wildman–Crippen MR) is 86.3 cm³/mol. The van der Waals surface area contributed by atoms with Crippen molar-refractivity contribution in [1.29, 1.82) is 0 Å². The monoisotopic (exact) mass is 330 g/mol. The lowest BCUT2D eigenvalue weighted by Crippen LogP contribution is -2.52. The fourth-order valence-electron chi connectivity index (χ4n) is 3.77. The third-order valence-corrected chi connectivity index (χ3v) is 5.08. The zero-order chi connectivity index (χ0) is 16.4. The largest absolute Gasteiger partial charge is 0.469 e. The van der Waals surface area contributed by atoms with Gasteiger partial charge in [-0.1, -0.05) is 5.10 Å². The Labute approximate surface area is 140 Å². The molecule has 2 aromatic rings. The summed E-state index contributed by atoms with van der Waals surface area (Å²) in [5.41, 5.74) is 0. The van der Waals surface area contributed by atoms with E-state index in [1.54, 1.807) is 6.26 Å². The molecule has 2 atom stereocenters. The Bertz CT molecular complexity index is 683. The van der Waals surface area contributed by atoms with Crippen molar-refractivity contribution < 1.29 is 9.21 Å². The van der Waals surface area contributed by atoms with Gasteiger partial charge in [0.05, 0.1) is 12.2 Å². The number of rotatable bonds is 5. The highest BCUT2D eigenvalue weighted by Crippen LogP contribution is 2.30. The number of anilines is 1. The minimum atomic E-state index is 0.0563. The van der Waals surface area contributed by atoms with Gasteiger partial charge in [0.1, 0.15) is 5.76 Å². The van der Waals surface area contributed by atoms with Crippen LogP contribution in [0.4, 0.5) is 5.95 Å². The number of furan rings is 1. The minimum absolute atomic E-state index is 0.0563. The van der Waals surface area contributed by atoms with E-state index in [-0.39, 0.29) is 11.8 Å². The van der Waals surface area contributed by atoms with Crippen LogP contribution in [0.2, 0.25) is 0 Å². The van der Waals surface area contributed by atoms with Crippen LogP contribution < -0.4 is 10.2 Å². The maximum atomic E-state index is 12.1. The van der Waals surface area contributed by atoms with Crippen LogP contribution in [0.3, 0.4) is 0 Å². The first kappa shape index (κ1) is 15.2. The number of piperidine rings is 2. The number of nitrogens with zero attached hydrogens (tertiary/aromatic N) is 5. The van der Waals surface area contributed by atoms with Crippen LogP contribution in [0, 0.1) is 11.8 Å². The standard InChI is InChI=1S/C16H22N6O2/c23-15-14-11-21(9-6-12(14)5-7-17-15)16-18-19-20-22(16)8-1-3-13-4-2-10-24-13/h2,4,10,12,14H,1,3,5-9,11H2,(H,17,23)/t12-,14+/m1/s1. The zero-order valence-electron chi connectivity index (χ0n) is 13.6. The van der Waals surface area contributed by atoms with Gasteiger partial charge >= 0.3 is 0 Å². The summed E-state index contributed by atoms with van der Waals surface area (Å²) < 4.78 is 7.19. The first-order valence-electron chi connectivity index (χ1n) is 8.62. The van der Waals surface area contributed by atoms with Crippen LogP contribution in [0.25, 0.3) is 0 Å². The van der Waals surface area contributed by atoms with Crippen LogP contribution in [-0.4, -0.2) is 45.7 Å². The molecule has 0 unspecified atom stereocenters. The lowest BCUT2D eigenvalue weighted by Gasteiger charge is -2.40. The number of aromatic nitrogens is 4. The van der Waals surface area contributed by atoms with Crippen LogP contribution >= 0.6 is 0 Å². The number of carbonyl (C=O) groups is 1. The van der Waals surface area contributed by atoms with E-state index in [9.17, 15) is 4.79 Å². The molecule has 0 bridgehead atoms. The van der Waals surface area contributed by atoms with Gasteiger partial charge in [-0.05, 0) is 47.7 Å². The number of aryl methyl sites for hydroxylation is 2. The summed E-state index contributed by atoms with van der Waals surface area (Å²) in [5.74, 6) is 2.47. The number of tetrazole rings is 1. The topological polar surface area (TPSA) is 89.1 Å². The normalized spacial score (nSPS) is 23.8.